The van der Waals surface area contributed by atoms with Gasteiger partial charge in [0.1, 0.15) is 17.9 Å². The summed E-state index contributed by atoms with van der Waals surface area (Å²) in [7, 11) is 3.10. The predicted molar refractivity (Wildman–Crippen MR) is 123 cm³/mol. The highest BCUT2D eigenvalue weighted by atomic mass is 79.9. The van der Waals surface area contributed by atoms with Gasteiger partial charge in [-0.25, -0.2) is 0 Å². The Morgan fingerprint density at radius 2 is 1.52 bits per heavy atom. The Balaban J connectivity index is 1.86. The van der Waals surface area contributed by atoms with Crippen LogP contribution in [0.1, 0.15) is 16.7 Å². The first-order chi connectivity index (χ1) is 13.7. The van der Waals surface area contributed by atoms with Crippen LogP contribution < -0.4 is 4.74 Å². The fourth-order valence-corrected chi connectivity index (χ4v) is 4.40. The third kappa shape index (κ3) is 4.60. The Morgan fingerprint density at radius 1 is 1.00 bits per heavy atom. The highest BCUT2D eigenvalue weighted by Gasteiger charge is 2.35. The van der Waals surface area contributed by atoms with Crippen molar-refractivity contribution in [1.29, 1.82) is 0 Å². The summed E-state index contributed by atoms with van der Waals surface area (Å²) in [5.41, 5.74) is 2.98. The first-order valence-electron chi connectivity index (χ1n) is 8.68. The molecule has 0 atom stereocenters. The number of carbonyl (C=O) groups excluding carboxylic acids is 2. The molecule has 8 heteroatoms. The van der Waals surface area contributed by atoms with Crippen LogP contribution in [0.25, 0.3) is 6.08 Å². The normalized spacial score (nSPS) is 14.5. The number of thiocarbonyl (C=S) groups is 1. The SMILES string of the molecule is Cc1ccc(COc2c(Br)cc(C=C3C(=O)N(C)C(=S)N(C)C3=O)cc2Br)cc1. The monoisotopic (exact) mass is 536 g/mol. The van der Waals surface area contributed by atoms with Gasteiger partial charge in [0.2, 0.25) is 0 Å². The van der Waals surface area contributed by atoms with Gasteiger partial charge in [0, 0.05) is 14.1 Å². The van der Waals surface area contributed by atoms with Crippen molar-refractivity contribution in [2.45, 2.75) is 13.5 Å². The standard InChI is InChI=1S/C21H18Br2N2O3S/c1-12-4-6-13(7-5-12)11-28-18-16(22)9-14(10-17(18)23)8-15-19(26)24(2)21(29)25(3)20(15)27/h4-10H,11H2,1-3H3. The average molecular weight is 538 g/mol. The lowest BCUT2D eigenvalue weighted by molar-refractivity contribution is -0.132. The Morgan fingerprint density at radius 3 is 2.03 bits per heavy atom. The summed E-state index contributed by atoms with van der Waals surface area (Å²) in [6.45, 7) is 2.46. The Bertz CT molecular complexity index is 986. The van der Waals surface area contributed by atoms with E-state index in [1.54, 1.807) is 32.3 Å². The van der Waals surface area contributed by atoms with Crippen LogP contribution in [0.15, 0.2) is 50.9 Å². The number of hydrogen-bond acceptors (Lipinski definition) is 4. The van der Waals surface area contributed by atoms with Crippen molar-refractivity contribution in [3.8, 4) is 5.75 Å². The second kappa shape index (κ2) is 8.77. The summed E-state index contributed by atoms with van der Waals surface area (Å²) in [5, 5.41) is 0.180. The summed E-state index contributed by atoms with van der Waals surface area (Å²) >= 11 is 12.1. The number of aryl methyl sites for hydroxylation is 1. The third-order valence-corrected chi connectivity index (χ3v) is 6.21. The van der Waals surface area contributed by atoms with Crippen molar-refractivity contribution < 1.29 is 14.3 Å². The second-order valence-electron chi connectivity index (χ2n) is 6.66. The van der Waals surface area contributed by atoms with Crippen molar-refractivity contribution in [3.63, 3.8) is 0 Å². The van der Waals surface area contributed by atoms with E-state index in [1.165, 1.54) is 15.4 Å². The third-order valence-electron chi connectivity index (χ3n) is 4.48. The number of halogens is 2. The van der Waals surface area contributed by atoms with E-state index in [-0.39, 0.29) is 10.7 Å². The molecule has 2 aromatic rings. The maximum atomic E-state index is 12.5. The molecule has 0 radical (unpaired) electrons. The molecule has 2 amide bonds. The van der Waals surface area contributed by atoms with Gasteiger partial charge in [-0.05, 0) is 80.3 Å². The van der Waals surface area contributed by atoms with E-state index in [4.69, 9.17) is 17.0 Å². The minimum Gasteiger partial charge on any atom is -0.487 e. The van der Waals surface area contributed by atoms with Crippen molar-refractivity contribution in [1.82, 2.24) is 9.80 Å². The molecule has 0 aromatic heterocycles. The number of nitrogens with zero attached hydrogens (tertiary/aromatic N) is 2. The molecular formula is C21H18Br2N2O3S. The minimum atomic E-state index is -0.426. The number of benzene rings is 2. The molecule has 0 saturated carbocycles. The lowest BCUT2D eigenvalue weighted by atomic mass is 10.1. The van der Waals surface area contributed by atoms with E-state index in [2.05, 4.69) is 31.9 Å². The summed E-state index contributed by atoms with van der Waals surface area (Å²) in [4.78, 5) is 27.5. The van der Waals surface area contributed by atoms with Crippen molar-refractivity contribution in [2.75, 3.05) is 14.1 Å². The highest BCUT2D eigenvalue weighted by Crippen LogP contribution is 2.36. The van der Waals surface area contributed by atoms with Crippen molar-refractivity contribution in [2.24, 2.45) is 0 Å². The van der Waals surface area contributed by atoms with E-state index in [1.807, 2.05) is 31.2 Å². The number of likely N-dealkylation sites (N-methyl/N-ethyl adjacent to an activating group) is 2. The summed E-state index contributed by atoms with van der Waals surface area (Å²) < 4.78 is 7.36. The molecule has 29 heavy (non-hydrogen) atoms. The maximum absolute atomic E-state index is 12.5. The molecule has 0 N–H and O–H groups in total. The molecule has 0 bridgehead atoms. The average Bonchev–Trinajstić information content (AvgIpc) is 2.69. The van der Waals surface area contributed by atoms with Gasteiger partial charge >= 0.3 is 0 Å². The smallest absolute Gasteiger partial charge is 0.265 e. The molecule has 0 aliphatic carbocycles. The zero-order valence-electron chi connectivity index (χ0n) is 16.0. The maximum Gasteiger partial charge on any atom is 0.265 e. The van der Waals surface area contributed by atoms with Crippen LogP contribution in [-0.4, -0.2) is 40.8 Å². The van der Waals surface area contributed by atoms with Gasteiger partial charge in [-0.3, -0.25) is 19.4 Å². The molecule has 150 valence electrons. The molecule has 2 aromatic carbocycles. The first kappa shape index (κ1) is 21.7. The van der Waals surface area contributed by atoms with Crippen LogP contribution in [-0.2, 0) is 16.2 Å². The van der Waals surface area contributed by atoms with Crippen LogP contribution in [0.3, 0.4) is 0 Å². The second-order valence-corrected chi connectivity index (χ2v) is 8.73. The molecule has 1 saturated heterocycles. The van der Waals surface area contributed by atoms with Crippen LogP contribution in [0, 0.1) is 6.92 Å². The van der Waals surface area contributed by atoms with Gasteiger partial charge in [0.15, 0.2) is 5.11 Å². The van der Waals surface area contributed by atoms with E-state index >= 15 is 0 Å². The zero-order valence-corrected chi connectivity index (χ0v) is 20.0. The lowest BCUT2D eigenvalue weighted by Gasteiger charge is -2.31. The van der Waals surface area contributed by atoms with E-state index < -0.39 is 11.8 Å². The van der Waals surface area contributed by atoms with Crippen LogP contribution in [0.5, 0.6) is 5.75 Å². The first-order valence-corrected chi connectivity index (χ1v) is 10.7. The van der Waals surface area contributed by atoms with Gasteiger partial charge in [-0.15, -0.1) is 0 Å². The number of amides is 2. The molecule has 1 heterocycles. The van der Waals surface area contributed by atoms with Gasteiger partial charge in [-0.1, -0.05) is 29.8 Å². The topological polar surface area (TPSA) is 49.9 Å². The Labute approximate surface area is 191 Å². The zero-order chi connectivity index (χ0) is 21.3. The van der Waals surface area contributed by atoms with Crippen LogP contribution in [0.4, 0.5) is 0 Å². The molecule has 3 rings (SSSR count). The minimum absolute atomic E-state index is 0.0516. The Kier molecular flexibility index (Phi) is 6.55. The number of carbonyl (C=O) groups is 2. The van der Waals surface area contributed by atoms with E-state index in [0.717, 1.165) is 5.56 Å². The largest absolute Gasteiger partial charge is 0.487 e. The summed E-state index contributed by atoms with van der Waals surface area (Å²) in [6, 6.07) is 11.7. The summed E-state index contributed by atoms with van der Waals surface area (Å²) in [6.07, 6.45) is 1.55. The molecule has 1 aliphatic rings. The highest BCUT2D eigenvalue weighted by molar-refractivity contribution is 9.11. The van der Waals surface area contributed by atoms with Crippen molar-refractivity contribution >= 4 is 67.1 Å². The van der Waals surface area contributed by atoms with E-state index in [0.29, 0.717) is 26.9 Å². The summed E-state index contributed by atoms with van der Waals surface area (Å²) in [5.74, 6) is -0.209. The number of hydrogen-bond donors (Lipinski definition) is 0. The van der Waals surface area contributed by atoms with Crippen LogP contribution in [0.2, 0.25) is 0 Å². The van der Waals surface area contributed by atoms with Gasteiger partial charge < -0.3 is 4.74 Å². The molecular weight excluding hydrogens is 520 g/mol. The van der Waals surface area contributed by atoms with E-state index in [9.17, 15) is 9.59 Å². The fraction of sp³-hybridized carbons (Fsp3) is 0.190. The van der Waals surface area contributed by atoms with Gasteiger partial charge in [0.05, 0.1) is 8.95 Å². The quantitative estimate of drug-likeness (QED) is 0.322. The predicted octanol–water partition coefficient (Wildman–Crippen LogP) is 4.70. The number of rotatable bonds is 4. The lowest BCUT2D eigenvalue weighted by Crippen LogP contribution is -2.52. The van der Waals surface area contributed by atoms with Crippen molar-refractivity contribution in [3.05, 3.63) is 67.6 Å². The molecule has 0 unspecified atom stereocenters. The molecule has 1 fully saturated rings. The van der Waals surface area contributed by atoms with Crippen LogP contribution >= 0.6 is 44.1 Å². The van der Waals surface area contributed by atoms with Gasteiger partial charge in [0.25, 0.3) is 11.8 Å². The molecule has 0 spiro atoms. The number of ether oxygens (including phenoxy) is 1. The molecule has 5 nitrogen and oxygen atoms in total. The Hall–Kier alpha value is -2.03. The fourth-order valence-electron chi connectivity index (χ4n) is 2.78. The molecule has 1 aliphatic heterocycles. The van der Waals surface area contributed by atoms with Gasteiger partial charge in [-0.2, -0.15) is 0 Å².